The molecule has 0 atom stereocenters. The van der Waals surface area contributed by atoms with Crippen LogP contribution < -0.4 is 18.9 Å². The van der Waals surface area contributed by atoms with E-state index in [0.29, 0.717) is 34.0 Å². The molecular weight excluding hydrogens is 607 g/mol. The number of hydrogen-bond acceptors (Lipinski definition) is 8. The van der Waals surface area contributed by atoms with Gasteiger partial charge in [0.05, 0.1) is 39.8 Å². The first-order chi connectivity index (χ1) is 15.5. The Bertz CT molecular complexity index is 1070. The van der Waals surface area contributed by atoms with Crippen LogP contribution in [-0.4, -0.2) is 51.1 Å². The van der Waals surface area contributed by atoms with E-state index in [9.17, 15) is 10.2 Å². The van der Waals surface area contributed by atoms with Crippen LogP contribution in [0, 0.1) is 0 Å². The number of phenolic OH excluding ortho intramolecular Hbond substituents is 2. The molecule has 3 aromatic rings. The van der Waals surface area contributed by atoms with Crippen LogP contribution in [0.15, 0.2) is 58.5 Å². The third kappa shape index (κ3) is 6.05. The molecule has 0 spiro atoms. The first-order valence-corrected chi connectivity index (χ1v) is 9.57. The Labute approximate surface area is 206 Å². The molecule has 0 fully saturated rings. The molecule has 33 heavy (non-hydrogen) atoms. The smallest absolute Gasteiger partial charge is 0.166 e. The van der Waals surface area contributed by atoms with Gasteiger partial charge in [-0.05, 0) is 24.3 Å². The van der Waals surface area contributed by atoms with Crippen molar-refractivity contribution in [2.24, 2.45) is 9.98 Å². The summed E-state index contributed by atoms with van der Waals surface area (Å²) in [6, 6.07) is 13.7. The molecule has 3 aromatic carbocycles. The van der Waals surface area contributed by atoms with Crippen LogP contribution in [0.1, 0.15) is 11.1 Å². The molecule has 0 saturated heterocycles. The van der Waals surface area contributed by atoms with Crippen molar-refractivity contribution in [3.05, 3.63) is 59.7 Å². The Balaban J connectivity index is 0.00000385. The third-order valence-corrected chi connectivity index (χ3v) is 4.63. The zero-order chi connectivity index (χ0) is 23.1. The molecule has 0 amide bonds. The van der Waals surface area contributed by atoms with Crippen molar-refractivity contribution in [1.29, 1.82) is 0 Å². The van der Waals surface area contributed by atoms with E-state index in [2.05, 4.69) is 9.98 Å². The number of para-hydroxylation sites is 2. The molecule has 0 saturated carbocycles. The summed E-state index contributed by atoms with van der Waals surface area (Å²) in [5.41, 5.74) is 1.96. The molecule has 0 aromatic heterocycles. The molecule has 9 heteroatoms. The van der Waals surface area contributed by atoms with E-state index < -0.39 is 0 Å². The van der Waals surface area contributed by atoms with E-state index in [-0.39, 0.29) is 44.1 Å². The maximum Gasteiger partial charge on any atom is 0.166 e. The molecule has 0 aliphatic rings. The van der Waals surface area contributed by atoms with E-state index in [1.807, 2.05) is 12.1 Å². The second-order valence-corrected chi connectivity index (χ2v) is 6.54. The van der Waals surface area contributed by atoms with Gasteiger partial charge in [0, 0.05) is 56.8 Å². The minimum absolute atomic E-state index is 0. The van der Waals surface area contributed by atoms with Crippen LogP contribution in [0.25, 0.3) is 0 Å². The summed E-state index contributed by atoms with van der Waals surface area (Å²) >= 11 is 0. The normalized spacial score (nSPS) is 10.8. The fourth-order valence-electron chi connectivity index (χ4n) is 2.91. The second kappa shape index (κ2) is 11.9. The maximum atomic E-state index is 10.4. The van der Waals surface area contributed by atoms with E-state index >= 15 is 0 Å². The molecule has 8 nitrogen and oxygen atoms in total. The van der Waals surface area contributed by atoms with Gasteiger partial charge in [-0.15, -0.1) is 0 Å². The van der Waals surface area contributed by atoms with Crippen molar-refractivity contribution in [2.75, 3.05) is 28.4 Å². The molecule has 0 aliphatic carbocycles. The Kier molecular flexibility index (Phi) is 9.30. The summed E-state index contributed by atoms with van der Waals surface area (Å²) in [5, 5.41) is 20.8. The fraction of sp³-hybridized carbons (Fsp3) is 0.167. The number of rotatable bonds is 8. The van der Waals surface area contributed by atoms with Gasteiger partial charge in [-0.2, -0.15) is 0 Å². The van der Waals surface area contributed by atoms with Crippen LogP contribution >= 0.6 is 0 Å². The number of ether oxygens (including phenoxy) is 4. The Morgan fingerprint density at radius 2 is 1.03 bits per heavy atom. The Morgan fingerprint density at radius 3 is 1.36 bits per heavy atom. The molecule has 0 heterocycles. The quantitative estimate of drug-likeness (QED) is 0.352. The average molecular weight is 632 g/mol. The molecule has 0 aliphatic heterocycles. The third-order valence-electron chi connectivity index (χ3n) is 4.63. The summed E-state index contributed by atoms with van der Waals surface area (Å²) in [4.78, 5) is 8.94. The zero-order valence-electron chi connectivity index (χ0n) is 18.5. The minimum Gasteiger partial charge on any atom is -0.504 e. The largest absolute Gasteiger partial charge is 0.504 e. The zero-order valence-corrected chi connectivity index (χ0v) is 20.8. The van der Waals surface area contributed by atoms with E-state index in [1.54, 1.807) is 36.4 Å². The first kappa shape index (κ1) is 25.7. The summed E-state index contributed by atoms with van der Waals surface area (Å²) < 4.78 is 20.9. The van der Waals surface area contributed by atoms with Crippen molar-refractivity contribution in [3.63, 3.8) is 0 Å². The van der Waals surface area contributed by atoms with Gasteiger partial charge in [0.25, 0.3) is 0 Å². The van der Waals surface area contributed by atoms with Crippen molar-refractivity contribution in [2.45, 2.75) is 0 Å². The number of hydrogen-bond donors (Lipinski definition) is 2. The van der Waals surface area contributed by atoms with Gasteiger partial charge >= 0.3 is 0 Å². The second-order valence-electron chi connectivity index (χ2n) is 6.54. The van der Waals surface area contributed by atoms with E-state index in [1.165, 1.54) is 40.9 Å². The molecular formula is C24H24N2O6Pt. The van der Waals surface area contributed by atoms with E-state index in [4.69, 9.17) is 18.9 Å². The Hall–Kier alpha value is -3.51. The summed E-state index contributed by atoms with van der Waals surface area (Å²) in [6.45, 7) is 0. The van der Waals surface area contributed by atoms with Gasteiger partial charge < -0.3 is 29.2 Å². The van der Waals surface area contributed by atoms with Gasteiger partial charge in [-0.3, -0.25) is 9.98 Å². The molecule has 0 bridgehead atoms. The topological polar surface area (TPSA) is 102 Å². The summed E-state index contributed by atoms with van der Waals surface area (Å²) in [6.07, 6.45) is 3.00. The van der Waals surface area contributed by atoms with Crippen LogP contribution in [0.2, 0.25) is 0 Å². The molecule has 176 valence electrons. The van der Waals surface area contributed by atoms with Crippen LogP contribution in [0.5, 0.6) is 34.5 Å². The van der Waals surface area contributed by atoms with Gasteiger partial charge in [0.2, 0.25) is 0 Å². The van der Waals surface area contributed by atoms with Crippen molar-refractivity contribution in [3.8, 4) is 34.5 Å². The first-order valence-electron chi connectivity index (χ1n) is 9.57. The van der Waals surface area contributed by atoms with Crippen LogP contribution in [-0.2, 0) is 21.1 Å². The molecule has 3 rings (SSSR count). The number of aliphatic imine (C=N–C) groups is 2. The molecule has 2 N–H and O–H groups in total. The van der Waals surface area contributed by atoms with Crippen molar-refractivity contribution < 1.29 is 50.2 Å². The number of phenols is 2. The number of nitrogens with zero attached hydrogens (tertiary/aromatic N) is 2. The SMILES string of the molecule is COc1cc(C=Nc2ccccc2N=Cc2cc(OC)cc(OC)c2O)c(O)c(OC)c1.[Pt]. The number of aromatic hydroxyl groups is 2. The fourth-order valence-corrected chi connectivity index (χ4v) is 2.91. The summed E-state index contributed by atoms with van der Waals surface area (Å²) in [7, 11) is 5.98. The predicted molar refractivity (Wildman–Crippen MR) is 123 cm³/mol. The molecule has 0 radical (unpaired) electrons. The average Bonchev–Trinajstić information content (AvgIpc) is 2.83. The van der Waals surface area contributed by atoms with E-state index in [0.717, 1.165) is 0 Å². The monoisotopic (exact) mass is 631 g/mol. The van der Waals surface area contributed by atoms with Gasteiger partial charge in [-0.25, -0.2) is 0 Å². The molecule has 0 unspecified atom stereocenters. The van der Waals surface area contributed by atoms with Crippen molar-refractivity contribution in [1.82, 2.24) is 0 Å². The minimum atomic E-state index is -0.0496. The predicted octanol–water partition coefficient (Wildman–Crippen LogP) is 4.63. The van der Waals surface area contributed by atoms with Gasteiger partial charge in [-0.1, -0.05) is 12.1 Å². The summed E-state index contributed by atoms with van der Waals surface area (Å²) in [5.74, 6) is 1.50. The van der Waals surface area contributed by atoms with Crippen LogP contribution in [0.4, 0.5) is 11.4 Å². The van der Waals surface area contributed by atoms with Gasteiger partial charge in [0.1, 0.15) is 11.5 Å². The van der Waals surface area contributed by atoms with Gasteiger partial charge in [0.15, 0.2) is 23.0 Å². The Morgan fingerprint density at radius 1 is 0.636 bits per heavy atom. The number of methoxy groups -OCH3 is 4. The number of benzene rings is 3. The maximum absolute atomic E-state index is 10.4. The van der Waals surface area contributed by atoms with Crippen molar-refractivity contribution >= 4 is 23.8 Å². The van der Waals surface area contributed by atoms with Crippen LogP contribution in [0.3, 0.4) is 0 Å². The standard InChI is InChI=1S/C24H24N2O6.Pt/c1-29-17-9-15(23(27)21(11-17)31-3)13-25-19-7-5-6-8-20(19)26-14-16-10-18(30-2)12-22(32-4)24(16)28;/h5-14,27-28H,1-4H3;.